The standard InChI is InChI=1S/C22H25N7O/c1-3-15-8-24-13(2)27-22(15)28-9-14-4-17(11-28)19-5-16(6-21(30)29(19)10-14)18-7-20(23)26-12-25-18/h5-8,12,14,17H,3-4,9-11H2,1-2H3,(H2,23,25,26)/t14-,17+/m0/s1. The molecule has 2 N–H and O–H groups in total. The van der Waals surface area contributed by atoms with Gasteiger partial charge in [-0.1, -0.05) is 6.92 Å². The number of aromatic nitrogens is 5. The smallest absolute Gasteiger partial charge is 0.251 e. The Labute approximate surface area is 174 Å². The lowest BCUT2D eigenvalue weighted by Crippen LogP contribution is -2.47. The molecule has 154 valence electrons. The van der Waals surface area contributed by atoms with E-state index in [4.69, 9.17) is 10.7 Å². The van der Waals surface area contributed by atoms with Gasteiger partial charge in [0.2, 0.25) is 0 Å². The molecule has 2 aliphatic rings. The van der Waals surface area contributed by atoms with E-state index >= 15 is 0 Å². The van der Waals surface area contributed by atoms with E-state index in [0.717, 1.165) is 55.4 Å². The zero-order chi connectivity index (χ0) is 20.8. The van der Waals surface area contributed by atoms with Crippen LogP contribution in [0.25, 0.3) is 11.3 Å². The van der Waals surface area contributed by atoms with E-state index in [1.165, 1.54) is 11.9 Å². The number of nitrogens with zero attached hydrogens (tertiary/aromatic N) is 6. The predicted octanol–water partition coefficient (Wildman–Crippen LogP) is 2.17. The van der Waals surface area contributed by atoms with Crippen LogP contribution in [0.2, 0.25) is 0 Å². The van der Waals surface area contributed by atoms with Crippen LogP contribution < -0.4 is 16.2 Å². The molecule has 30 heavy (non-hydrogen) atoms. The number of rotatable bonds is 3. The third kappa shape index (κ3) is 3.22. The number of aryl methyl sites for hydroxylation is 2. The van der Waals surface area contributed by atoms with E-state index in [-0.39, 0.29) is 11.5 Å². The Morgan fingerprint density at radius 3 is 2.80 bits per heavy atom. The minimum Gasteiger partial charge on any atom is -0.384 e. The molecule has 0 amide bonds. The third-order valence-corrected chi connectivity index (χ3v) is 6.18. The first-order valence-electron chi connectivity index (χ1n) is 10.4. The fraction of sp³-hybridized carbons (Fsp3) is 0.409. The Bertz CT molecular complexity index is 1170. The lowest BCUT2D eigenvalue weighted by Gasteiger charge is -2.43. The summed E-state index contributed by atoms with van der Waals surface area (Å²) in [6.45, 7) is 6.56. The second-order valence-electron chi connectivity index (χ2n) is 8.27. The van der Waals surface area contributed by atoms with Crippen molar-refractivity contribution in [2.24, 2.45) is 5.92 Å². The molecule has 2 bridgehead atoms. The van der Waals surface area contributed by atoms with Gasteiger partial charge in [-0.3, -0.25) is 4.79 Å². The first-order chi connectivity index (χ1) is 14.5. The maximum atomic E-state index is 12.9. The number of nitrogen functional groups attached to an aromatic ring is 1. The van der Waals surface area contributed by atoms with Gasteiger partial charge in [-0.2, -0.15) is 0 Å². The zero-order valence-corrected chi connectivity index (χ0v) is 17.2. The van der Waals surface area contributed by atoms with Gasteiger partial charge in [0.1, 0.15) is 23.8 Å². The Hall–Kier alpha value is -3.29. The summed E-state index contributed by atoms with van der Waals surface area (Å²) in [4.78, 5) is 32.7. The van der Waals surface area contributed by atoms with Gasteiger partial charge in [0, 0.05) is 60.7 Å². The Balaban J connectivity index is 1.54. The fourth-order valence-electron chi connectivity index (χ4n) is 4.82. The van der Waals surface area contributed by atoms with E-state index in [9.17, 15) is 4.79 Å². The van der Waals surface area contributed by atoms with Crippen LogP contribution in [0, 0.1) is 12.8 Å². The monoisotopic (exact) mass is 403 g/mol. The van der Waals surface area contributed by atoms with E-state index in [1.807, 2.05) is 17.7 Å². The highest BCUT2D eigenvalue weighted by molar-refractivity contribution is 5.62. The summed E-state index contributed by atoms with van der Waals surface area (Å²) in [5.74, 6) is 2.92. The summed E-state index contributed by atoms with van der Waals surface area (Å²) >= 11 is 0. The average molecular weight is 403 g/mol. The van der Waals surface area contributed by atoms with E-state index in [2.05, 4.69) is 32.8 Å². The molecule has 0 radical (unpaired) electrons. The summed E-state index contributed by atoms with van der Waals surface area (Å²) in [6.07, 6.45) is 5.36. The molecule has 1 fully saturated rings. The van der Waals surface area contributed by atoms with E-state index in [1.54, 1.807) is 12.1 Å². The van der Waals surface area contributed by atoms with Crippen molar-refractivity contribution in [3.63, 3.8) is 0 Å². The summed E-state index contributed by atoms with van der Waals surface area (Å²) in [5.41, 5.74) is 9.56. The zero-order valence-electron chi connectivity index (χ0n) is 17.2. The summed E-state index contributed by atoms with van der Waals surface area (Å²) in [6, 6.07) is 5.47. The highest BCUT2D eigenvalue weighted by atomic mass is 16.1. The van der Waals surface area contributed by atoms with Gasteiger partial charge in [0.25, 0.3) is 5.56 Å². The Morgan fingerprint density at radius 2 is 2.00 bits per heavy atom. The quantitative estimate of drug-likeness (QED) is 0.715. The topological polar surface area (TPSA) is 103 Å². The summed E-state index contributed by atoms with van der Waals surface area (Å²) < 4.78 is 1.94. The van der Waals surface area contributed by atoms with Gasteiger partial charge in [0.15, 0.2) is 0 Å². The van der Waals surface area contributed by atoms with Crippen molar-refractivity contribution in [2.75, 3.05) is 23.7 Å². The molecule has 5 rings (SSSR count). The molecule has 3 aromatic heterocycles. The molecule has 1 saturated heterocycles. The fourth-order valence-corrected chi connectivity index (χ4v) is 4.82. The average Bonchev–Trinajstić information content (AvgIpc) is 2.74. The number of hydrogen-bond donors (Lipinski definition) is 1. The van der Waals surface area contributed by atoms with Crippen molar-refractivity contribution in [1.29, 1.82) is 0 Å². The van der Waals surface area contributed by atoms with Gasteiger partial charge < -0.3 is 15.2 Å². The molecule has 2 atom stereocenters. The largest absolute Gasteiger partial charge is 0.384 e. The number of nitrogens with two attached hydrogens (primary N) is 1. The Morgan fingerprint density at radius 1 is 1.13 bits per heavy atom. The molecule has 5 heterocycles. The summed E-state index contributed by atoms with van der Waals surface area (Å²) in [5, 5.41) is 0. The molecular formula is C22H25N7O. The molecule has 0 saturated carbocycles. The van der Waals surface area contributed by atoms with Crippen LogP contribution in [0.3, 0.4) is 0 Å². The predicted molar refractivity (Wildman–Crippen MR) is 115 cm³/mol. The second kappa shape index (κ2) is 7.19. The van der Waals surface area contributed by atoms with Crippen molar-refractivity contribution in [3.05, 3.63) is 58.2 Å². The lowest BCUT2D eigenvalue weighted by molar-refractivity contribution is 0.280. The normalized spacial score (nSPS) is 20.1. The molecule has 3 aromatic rings. The van der Waals surface area contributed by atoms with E-state index < -0.39 is 0 Å². The molecule has 0 aromatic carbocycles. The van der Waals surface area contributed by atoms with Crippen LogP contribution in [-0.4, -0.2) is 37.6 Å². The van der Waals surface area contributed by atoms with Gasteiger partial charge in [-0.25, -0.2) is 19.9 Å². The van der Waals surface area contributed by atoms with Crippen molar-refractivity contribution in [2.45, 2.75) is 39.2 Å². The van der Waals surface area contributed by atoms with Gasteiger partial charge in [0.05, 0.1) is 5.69 Å². The number of anilines is 2. The molecule has 8 nitrogen and oxygen atoms in total. The first-order valence-corrected chi connectivity index (χ1v) is 10.4. The van der Waals surface area contributed by atoms with Crippen molar-refractivity contribution in [3.8, 4) is 11.3 Å². The van der Waals surface area contributed by atoms with Crippen molar-refractivity contribution < 1.29 is 0 Å². The highest BCUT2D eigenvalue weighted by Gasteiger charge is 2.36. The highest BCUT2D eigenvalue weighted by Crippen LogP contribution is 2.38. The minimum atomic E-state index is 0.0231. The second-order valence-corrected chi connectivity index (χ2v) is 8.27. The van der Waals surface area contributed by atoms with Crippen LogP contribution in [0.4, 0.5) is 11.6 Å². The molecule has 8 heteroatoms. The van der Waals surface area contributed by atoms with Crippen molar-refractivity contribution >= 4 is 11.6 Å². The maximum absolute atomic E-state index is 12.9. The van der Waals surface area contributed by atoms with E-state index in [0.29, 0.717) is 17.4 Å². The molecule has 0 spiro atoms. The SMILES string of the molecule is CCc1cnc(C)nc1N1C[C@@H]2C[C@H](C1)c1cc(-c3cc(N)ncn3)cc(=O)n1C2. The van der Waals surface area contributed by atoms with Crippen LogP contribution in [-0.2, 0) is 13.0 Å². The minimum absolute atomic E-state index is 0.0231. The third-order valence-electron chi connectivity index (χ3n) is 6.18. The van der Waals surface area contributed by atoms with Crippen LogP contribution in [0.1, 0.15) is 36.3 Å². The van der Waals surface area contributed by atoms with Gasteiger partial charge >= 0.3 is 0 Å². The van der Waals surface area contributed by atoms with Crippen LogP contribution >= 0.6 is 0 Å². The number of pyridine rings is 1. The molecular weight excluding hydrogens is 378 g/mol. The van der Waals surface area contributed by atoms with Crippen LogP contribution in [0.5, 0.6) is 0 Å². The van der Waals surface area contributed by atoms with Crippen LogP contribution in [0.15, 0.2) is 35.5 Å². The Kier molecular flexibility index (Phi) is 4.49. The number of hydrogen-bond acceptors (Lipinski definition) is 7. The maximum Gasteiger partial charge on any atom is 0.251 e. The van der Waals surface area contributed by atoms with Gasteiger partial charge in [-0.15, -0.1) is 0 Å². The number of fused-ring (bicyclic) bond motifs is 4. The molecule has 0 unspecified atom stereocenters. The molecule has 0 aliphatic carbocycles. The molecule has 2 aliphatic heterocycles. The lowest BCUT2D eigenvalue weighted by atomic mass is 9.82. The van der Waals surface area contributed by atoms with Crippen molar-refractivity contribution in [1.82, 2.24) is 24.5 Å². The number of piperidine rings is 1. The summed E-state index contributed by atoms with van der Waals surface area (Å²) in [7, 11) is 0. The van der Waals surface area contributed by atoms with Gasteiger partial charge in [-0.05, 0) is 31.7 Å². The first kappa shape index (κ1) is 18.7.